The second-order valence-electron chi connectivity index (χ2n) is 4.96. The lowest BCUT2D eigenvalue weighted by molar-refractivity contribution is 0.0666. The van der Waals surface area contributed by atoms with Crippen LogP contribution in [0.2, 0.25) is 0 Å². The molecule has 0 saturated heterocycles. The van der Waals surface area contributed by atoms with E-state index in [4.69, 9.17) is 4.74 Å². The number of carbonyl (C=O) groups is 1. The summed E-state index contributed by atoms with van der Waals surface area (Å²) in [6, 6.07) is 0. The molecule has 112 valence electrons. The molecule has 6 heteroatoms. The second-order valence-corrected chi connectivity index (χ2v) is 4.96. The average molecular weight is 280 g/mol. The number of hydrogen-bond donors (Lipinski definition) is 1. The molecule has 1 aromatic heterocycles. The van der Waals surface area contributed by atoms with Crippen LogP contribution in [0.1, 0.15) is 31.3 Å². The number of hydrogen-bond acceptors (Lipinski definition) is 5. The third kappa shape index (κ3) is 5.13. The van der Waals surface area contributed by atoms with Gasteiger partial charge in [0.2, 0.25) is 0 Å². The lowest BCUT2D eigenvalue weighted by atomic mass is 10.2. The van der Waals surface area contributed by atoms with Gasteiger partial charge in [-0.25, -0.2) is 4.98 Å². The van der Waals surface area contributed by atoms with Crippen molar-refractivity contribution in [2.75, 3.05) is 38.7 Å². The molecule has 1 aromatic rings. The van der Waals surface area contributed by atoms with Crippen molar-refractivity contribution in [2.24, 2.45) is 5.92 Å². The highest BCUT2D eigenvalue weighted by Gasteiger charge is 2.18. The summed E-state index contributed by atoms with van der Waals surface area (Å²) < 4.78 is 5.06. The summed E-state index contributed by atoms with van der Waals surface area (Å²) >= 11 is 0. The lowest BCUT2D eigenvalue weighted by Crippen LogP contribution is -2.37. The van der Waals surface area contributed by atoms with Crippen molar-refractivity contribution in [2.45, 2.75) is 20.8 Å². The summed E-state index contributed by atoms with van der Waals surface area (Å²) in [4.78, 5) is 22.6. The molecule has 0 spiro atoms. The Morgan fingerprint density at radius 1 is 1.45 bits per heavy atom. The first kappa shape index (κ1) is 16.4. The molecule has 0 fully saturated rings. The van der Waals surface area contributed by atoms with Gasteiger partial charge < -0.3 is 15.0 Å². The standard InChI is InChI=1S/C14H24N4O2/c1-5-16-13-9-15-8-12(17-13)14(19)18(6-7-20-4)10-11(2)3/h8-9,11H,5-7,10H2,1-4H3,(H,16,17). The van der Waals surface area contributed by atoms with Crippen molar-refractivity contribution in [1.29, 1.82) is 0 Å². The fourth-order valence-electron chi connectivity index (χ4n) is 1.82. The molecule has 0 aliphatic heterocycles. The molecule has 0 aliphatic rings. The average Bonchev–Trinajstić information content (AvgIpc) is 2.43. The molecular formula is C14H24N4O2. The molecule has 0 aromatic carbocycles. The van der Waals surface area contributed by atoms with Gasteiger partial charge in [-0.2, -0.15) is 0 Å². The summed E-state index contributed by atoms with van der Waals surface area (Å²) in [6.07, 6.45) is 3.12. The molecule has 0 aliphatic carbocycles. The molecule has 6 nitrogen and oxygen atoms in total. The van der Waals surface area contributed by atoms with E-state index in [9.17, 15) is 4.79 Å². The Kier molecular flexibility index (Phi) is 6.93. The van der Waals surface area contributed by atoms with Gasteiger partial charge in [-0.1, -0.05) is 13.8 Å². The molecule has 1 rings (SSSR count). The van der Waals surface area contributed by atoms with Crippen molar-refractivity contribution in [3.63, 3.8) is 0 Å². The Hall–Kier alpha value is -1.69. The minimum Gasteiger partial charge on any atom is -0.383 e. The van der Waals surface area contributed by atoms with Gasteiger partial charge in [0.05, 0.1) is 19.0 Å². The molecule has 0 bridgehead atoms. The largest absolute Gasteiger partial charge is 0.383 e. The number of aromatic nitrogens is 2. The van der Waals surface area contributed by atoms with Crippen LogP contribution in [-0.2, 0) is 4.74 Å². The molecule has 0 unspecified atom stereocenters. The number of amides is 1. The smallest absolute Gasteiger partial charge is 0.274 e. The predicted molar refractivity (Wildman–Crippen MR) is 78.8 cm³/mol. The maximum atomic E-state index is 12.5. The Bertz CT molecular complexity index is 423. The molecule has 0 atom stereocenters. The number of nitrogens with one attached hydrogen (secondary N) is 1. The Morgan fingerprint density at radius 2 is 2.20 bits per heavy atom. The number of ether oxygens (including phenoxy) is 1. The zero-order chi connectivity index (χ0) is 15.0. The molecule has 1 N–H and O–H groups in total. The van der Waals surface area contributed by atoms with Crippen molar-refractivity contribution in [1.82, 2.24) is 14.9 Å². The maximum Gasteiger partial charge on any atom is 0.274 e. The Balaban J connectivity index is 2.84. The van der Waals surface area contributed by atoms with E-state index in [-0.39, 0.29) is 5.91 Å². The van der Waals surface area contributed by atoms with Gasteiger partial charge in [-0.15, -0.1) is 0 Å². The first-order valence-corrected chi connectivity index (χ1v) is 6.92. The molecule has 1 heterocycles. The minimum atomic E-state index is -0.108. The van der Waals surface area contributed by atoms with Crippen LogP contribution in [0.5, 0.6) is 0 Å². The number of anilines is 1. The SMILES string of the molecule is CCNc1cncc(C(=O)N(CCOC)CC(C)C)n1. The van der Waals surface area contributed by atoms with E-state index in [0.29, 0.717) is 37.1 Å². The van der Waals surface area contributed by atoms with Crippen LogP contribution in [-0.4, -0.2) is 54.1 Å². The molecule has 20 heavy (non-hydrogen) atoms. The first-order valence-electron chi connectivity index (χ1n) is 6.92. The number of rotatable bonds is 8. The Labute approximate surface area is 120 Å². The highest BCUT2D eigenvalue weighted by molar-refractivity contribution is 5.92. The van der Waals surface area contributed by atoms with E-state index < -0.39 is 0 Å². The van der Waals surface area contributed by atoms with Crippen LogP contribution in [0, 0.1) is 5.92 Å². The van der Waals surface area contributed by atoms with Crippen LogP contribution < -0.4 is 5.32 Å². The molecular weight excluding hydrogens is 256 g/mol. The maximum absolute atomic E-state index is 12.5. The predicted octanol–water partition coefficient (Wildman–Crippen LogP) is 1.65. The van der Waals surface area contributed by atoms with Crippen molar-refractivity contribution >= 4 is 11.7 Å². The Morgan fingerprint density at radius 3 is 2.80 bits per heavy atom. The zero-order valence-corrected chi connectivity index (χ0v) is 12.7. The van der Waals surface area contributed by atoms with Crippen molar-refractivity contribution in [3.8, 4) is 0 Å². The lowest BCUT2D eigenvalue weighted by Gasteiger charge is -2.24. The third-order valence-corrected chi connectivity index (χ3v) is 2.65. The third-order valence-electron chi connectivity index (χ3n) is 2.65. The number of carbonyl (C=O) groups excluding carboxylic acids is 1. The normalized spacial score (nSPS) is 10.7. The van der Waals surface area contributed by atoms with Gasteiger partial charge in [0.15, 0.2) is 0 Å². The van der Waals surface area contributed by atoms with Crippen LogP contribution in [0.25, 0.3) is 0 Å². The van der Waals surface area contributed by atoms with Crippen LogP contribution in [0.15, 0.2) is 12.4 Å². The van der Waals surface area contributed by atoms with Gasteiger partial charge in [0.1, 0.15) is 11.5 Å². The van der Waals surface area contributed by atoms with E-state index in [1.54, 1.807) is 18.2 Å². The minimum absolute atomic E-state index is 0.108. The van der Waals surface area contributed by atoms with E-state index in [0.717, 1.165) is 6.54 Å². The van der Waals surface area contributed by atoms with E-state index in [1.165, 1.54) is 6.20 Å². The topological polar surface area (TPSA) is 67.4 Å². The van der Waals surface area contributed by atoms with Crippen molar-refractivity contribution < 1.29 is 9.53 Å². The van der Waals surface area contributed by atoms with Gasteiger partial charge in [-0.3, -0.25) is 9.78 Å². The summed E-state index contributed by atoms with van der Waals surface area (Å²) in [7, 11) is 1.63. The summed E-state index contributed by atoms with van der Waals surface area (Å²) in [5.41, 5.74) is 0.361. The fourth-order valence-corrected chi connectivity index (χ4v) is 1.82. The van der Waals surface area contributed by atoms with Crippen molar-refractivity contribution in [3.05, 3.63) is 18.1 Å². The van der Waals surface area contributed by atoms with E-state index in [2.05, 4.69) is 29.1 Å². The molecule has 1 amide bonds. The zero-order valence-electron chi connectivity index (χ0n) is 12.7. The van der Waals surface area contributed by atoms with Gasteiger partial charge in [0.25, 0.3) is 5.91 Å². The quantitative estimate of drug-likeness (QED) is 0.784. The first-order chi connectivity index (χ1) is 9.58. The van der Waals surface area contributed by atoms with Crippen LogP contribution in [0.3, 0.4) is 0 Å². The highest BCUT2D eigenvalue weighted by atomic mass is 16.5. The highest BCUT2D eigenvalue weighted by Crippen LogP contribution is 2.08. The molecule has 0 radical (unpaired) electrons. The van der Waals surface area contributed by atoms with E-state index in [1.807, 2.05) is 6.92 Å². The van der Waals surface area contributed by atoms with Gasteiger partial charge >= 0.3 is 0 Å². The summed E-state index contributed by atoms with van der Waals surface area (Å²) in [6.45, 7) is 8.61. The van der Waals surface area contributed by atoms with Crippen LogP contribution >= 0.6 is 0 Å². The second kappa shape index (κ2) is 8.47. The monoisotopic (exact) mass is 280 g/mol. The summed E-state index contributed by atoms with van der Waals surface area (Å²) in [5.74, 6) is 0.901. The summed E-state index contributed by atoms with van der Waals surface area (Å²) in [5, 5.41) is 3.06. The van der Waals surface area contributed by atoms with Crippen LogP contribution in [0.4, 0.5) is 5.82 Å². The number of nitrogens with zero attached hydrogens (tertiary/aromatic N) is 3. The van der Waals surface area contributed by atoms with E-state index >= 15 is 0 Å². The van der Waals surface area contributed by atoms with Gasteiger partial charge in [0, 0.05) is 26.7 Å². The van der Waals surface area contributed by atoms with Gasteiger partial charge in [-0.05, 0) is 12.8 Å². The number of methoxy groups -OCH3 is 1. The fraction of sp³-hybridized carbons (Fsp3) is 0.643. The molecule has 0 saturated carbocycles.